The van der Waals surface area contributed by atoms with E-state index in [4.69, 9.17) is 0 Å². The minimum absolute atomic E-state index is 0.612. The minimum atomic E-state index is 0.612. The van der Waals surface area contributed by atoms with Crippen molar-refractivity contribution in [3.05, 3.63) is 0 Å². The molecule has 1 aliphatic rings. The molecule has 1 rings (SSSR count). The highest BCUT2D eigenvalue weighted by Gasteiger charge is 2.37. The Labute approximate surface area is 96.0 Å². The summed E-state index contributed by atoms with van der Waals surface area (Å²) in [6.45, 7) is 5.94. The summed E-state index contributed by atoms with van der Waals surface area (Å²) in [5.41, 5.74) is 0.612. The third-order valence-corrected chi connectivity index (χ3v) is 4.48. The standard InChI is InChI=1S/C14H29N/c1-4-6-11-14(5-2,12-15-3)13-9-7-8-10-13/h13,15H,4-12H2,1-3H3. The average molecular weight is 211 g/mol. The normalized spacial score (nSPS) is 21.8. The Morgan fingerprint density at radius 3 is 2.33 bits per heavy atom. The van der Waals surface area contributed by atoms with Gasteiger partial charge in [0.25, 0.3) is 0 Å². The molecular weight excluding hydrogens is 182 g/mol. The van der Waals surface area contributed by atoms with Crippen LogP contribution in [0.2, 0.25) is 0 Å². The quantitative estimate of drug-likeness (QED) is 0.671. The van der Waals surface area contributed by atoms with Crippen LogP contribution in [0.4, 0.5) is 0 Å². The van der Waals surface area contributed by atoms with Crippen LogP contribution < -0.4 is 5.32 Å². The van der Waals surface area contributed by atoms with Crippen LogP contribution in [0.1, 0.15) is 65.2 Å². The van der Waals surface area contributed by atoms with Gasteiger partial charge in [0.15, 0.2) is 0 Å². The molecule has 1 fully saturated rings. The highest BCUT2D eigenvalue weighted by atomic mass is 14.8. The van der Waals surface area contributed by atoms with Gasteiger partial charge in [-0.3, -0.25) is 0 Å². The number of rotatable bonds is 7. The van der Waals surface area contributed by atoms with Gasteiger partial charge in [-0.1, -0.05) is 39.5 Å². The van der Waals surface area contributed by atoms with E-state index < -0.39 is 0 Å². The predicted molar refractivity (Wildman–Crippen MR) is 68.1 cm³/mol. The van der Waals surface area contributed by atoms with Crippen molar-refractivity contribution in [2.45, 2.75) is 65.2 Å². The van der Waals surface area contributed by atoms with Crippen molar-refractivity contribution in [1.82, 2.24) is 5.32 Å². The Kier molecular flexibility index (Phi) is 5.66. The van der Waals surface area contributed by atoms with Crippen LogP contribution in [0.5, 0.6) is 0 Å². The average Bonchev–Trinajstić information content (AvgIpc) is 2.78. The fourth-order valence-corrected chi connectivity index (χ4v) is 3.45. The number of hydrogen-bond acceptors (Lipinski definition) is 1. The lowest BCUT2D eigenvalue weighted by atomic mass is 9.69. The van der Waals surface area contributed by atoms with Gasteiger partial charge < -0.3 is 5.32 Å². The lowest BCUT2D eigenvalue weighted by Gasteiger charge is -2.39. The lowest BCUT2D eigenvalue weighted by Crippen LogP contribution is -2.38. The van der Waals surface area contributed by atoms with E-state index in [2.05, 4.69) is 26.2 Å². The third kappa shape index (κ3) is 3.21. The SMILES string of the molecule is CCCCC(CC)(CNC)C1CCCC1. The maximum atomic E-state index is 3.45. The molecule has 1 atom stereocenters. The van der Waals surface area contributed by atoms with E-state index in [1.807, 2.05) is 0 Å². The van der Waals surface area contributed by atoms with E-state index in [0.29, 0.717) is 5.41 Å². The fourth-order valence-electron chi connectivity index (χ4n) is 3.45. The van der Waals surface area contributed by atoms with Crippen molar-refractivity contribution in [3.63, 3.8) is 0 Å². The Bertz CT molecular complexity index is 161. The van der Waals surface area contributed by atoms with Gasteiger partial charge in [-0.2, -0.15) is 0 Å². The zero-order valence-corrected chi connectivity index (χ0v) is 10.9. The van der Waals surface area contributed by atoms with Gasteiger partial charge in [-0.05, 0) is 44.1 Å². The van der Waals surface area contributed by atoms with Crippen molar-refractivity contribution in [3.8, 4) is 0 Å². The second kappa shape index (κ2) is 6.52. The molecule has 0 radical (unpaired) electrons. The van der Waals surface area contributed by atoms with Crippen LogP contribution in [-0.2, 0) is 0 Å². The monoisotopic (exact) mass is 211 g/mol. The Hall–Kier alpha value is -0.0400. The number of unbranched alkanes of at least 4 members (excludes halogenated alkanes) is 1. The first-order chi connectivity index (χ1) is 7.29. The smallest absolute Gasteiger partial charge is 0.000736 e. The van der Waals surface area contributed by atoms with Gasteiger partial charge in [-0.15, -0.1) is 0 Å². The van der Waals surface area contributed by atoms with Gasteiger partial charge in [0.2, 0.25) is 0 Å². The summed E-state index contributed by atoms with van der Waals surface area (Å²) >= 11 is 0. The maximum absolute atomic E-state index is 3.45. The van der Waals surface area contributed by atoms with E-state index in [9.17, 15) is 0 Å². The summed E-state index contributed by atoms with van der Waals surface area (Å²) in [4.78, 5) is 0. The molecule has 1 unspecified atom stereocenters. The van der Waals surface area contributed by atoms with Crippen LogP contribution in [0, 0.1) is 11.3 Å². The van der Waals surface area contributed by atoms with E-state index >= 15 is 0 Å². The number of hydrogen-bond donors (Lipinski definition) is 1. The first-order valence-corrected chi connectivity index (χ1v) is 6.93. The molecule has 0 aromatic heterocycles. The third-order valence-electron chi connectivity index (χ3n) is 4.48. The first kappa shape index (κ1) is 13.0. The molecule has 0 bridgehead atoms. The van der Waals surface area contributed by atoms with E-state index in [-0.39, 0.29) is 0 Å². The van der Waals surface area contributed by atoms with Crippen LogP contribution >= 0.6 is 0 Å². The minimum Gasteiger partial charge on any atom is -0.319 e. The maximum Gasteiger partial charge on any atom is 0.000736 e. The molecule has 0 saturated heterocycles. The molecular formula is C14H29N. The topological polar surface area (TPSA) is 12.0 Å². The molecule has 1 N–H and O–H groups in total. The second-order valence-corrected chi connectivity index (χ2v) is 5.33. The number of nitrogens with one attached hydrogen (secondary N) is 1. The molecule has 90 valence electrons. The van der Waals surface area contributed by atoms with Crippen molar-refractivity contribution >= 4 is 0 Å². The molecule has 1 aliphatic carbocycles. The molecule has 1 saturated carbocycles. The van der Waals surface area contributed by atoms with Gasteiger partial charge >= 0.3 is 0 Å². The zero-order valence-electron chi connectivity index (χ0n) is 10.9. The summed E-state index contributed by atoms with van der Waals surface area (Å²) in [7, 11) is 2.12. The van der Waals surface area contributed by atoms with E-state index in [1.54, 1.807) is 0 Å². The predicted octanol–water partition coefficient (Wildman–Crippen LogP) is 3.98. The van der Waals surface area contributed by atoms with Crippen LogP contribution in [0.15, 0.2) is 0 Å². The second-order valence-electron chi connectivity index (χ2n) is 5.33. The summed E-state index contributed by atoms with van der Waals surface area (Å²) in [5, 5.41) is 3.45. The van der Waals surface area contributed by atoms with E-state index in [0.717, 1.165) is 5.92 Å². The van der Waals surface area contributed by atoms with Crippen LogP contribution in [-0.4, -0.2) is 13.6 Å². The van der Waals surface area contributed by atoms with Crippen LogP contribution in [0.25, 0.3) is 0 Å². The van der Waals surface area contributed by atoms with Crippen LogP contribution in [0.3, 0.4) is 0 Å². The first-order valence-electron chi connectivity index (χ1n) is 6.93. The highest BCUT2D eigenvalue weighted by molar-refractivity contribution is 4.89. The van der Waals surface area contributed by atoms with Crippen molar-refractivity contribution in [2.24, 2.45) is 11.3 Å². The van der Waals surface area contributed by atoms with Crippen molar-refractivity contribution < 1.29 is 0 Å². The molecule has 15 heavy (non-hydrogen) atoms. The van der Waals surface area contributed by atoms with Gasteiger partial charge in [0.1, 0.15) is 0 Å². The molecule has 0 aliphatic heterocycles. The molecule has 1 heteroatoms. The van der Waals surface area contributed by atoms with Gasteiger partial charge in [0.05, 0.1) is 0 Å². The highest BCUT2D eigenvalue weighted by Crippen LogP contribution is 2.45. The Morgan fingerprint density at radius 1 is 1.20 bits per heavy atom. The van der Waals surface area contributed by atoms with Gasteiger partial charge in [0, 0.05) is 6.54 Å². The van der Waals surface area contributed by atoms with Gasteiger partial charge in [-0.25, -0.2) is 0 Å². The molecule has 0 aromatic carbocycles. The summed E-state index contributed by atoms with van der Waals surface area (Å²) in [6, 6.07) is 0. The largest absolute Gasteiger partial charge is 0.319 e. The van der Waals surface area contributed by atoms with Crippen molar-refractivity contribution in [2.75, 3.05) is 13.6 Å². The lowest BCUT2D eigenvalue weighted by molar-refractivity contribution is 0.133. The summed E-state index contributed by atoms with van der Waals surface area (Å²) < 4.78 is 0. The molecule has 0 heterocycles. The van der Waals surface area contributed by atoms with E-state index in [1.165, 1.54) is 57.9 Å². The molecule has 1 nitrogen and oxygen atoms in total. The molecule has 0 spiro atoms. The molecule has 0 amide bonds. The summed E-state index contributed by atoms with van der Waals surface area (Å²) in [5.74, 6) is 1.00. The molecule has 0 aromatic rings. The summed E-state index contributed by atoms with van der Waals surface area (Å²) in [6.07, 6.45) is 11.5. The Morgan fingerprint density at radius 2 is 1.87 bits per heavy atom. The van der Waals surface area contributed by atoms with Crippen molar-refractivity contribution in [1.29, 1.82) is 0 Å². The fraction of sp³-hybridized carbons (Fsp3) is 1.00. The Balaban J connectivity index is 2.62. The zero-order chi connectivity index (χ0) is 11.1.